The molecule has 1 aromatic carbocycles. The second kappa shape index (κ2) is 7.72. The van der Waals surface area contributed by atoms with Crippen molar-refractivity contribution in [3.63, 3.8) is 0 Å². The summed E-state index contributed by atoms with van der Waals surface area (Å²) in [6.07, 6.45) is 3.03. The van der Waals surface area contributed by atoms with Crippen LogP contribution in [0.15, 0.2) is 34.7 Å². The van der Waals surface area contributed by atoms with Crippen molar-refractivity contribution in [2.45, 2.75) is 39.7 Å². The minimum atomic E-state index is -0.641. The molecule has 0 bridgehead atoms. The third-order valence-corrected chi connectivity index (χ3v) is 4.27. The molecular formula is C20H22F2N2O2. The molecule has 26 heavy (non-hydrogen) atoms. The highest BCUT2D eigenvalue weighted by Gasteiger charge is 2.19. The van der Waals surface area contributed by atoms with Gasteiger partial charge in [-0.25, -0.2) is 8.78 Å². The molecule has 6 heteroatoms. The number of furan rings is 1. The van der Waals surface area contributed by atoms with Gasteiger partial charge >= 0.3 is 0 Å². The van der Waals surface area contributed by atoms with Gasteiger partial charge in [0.25, 0.3) is 5.91 Å². The number of unbranched alkanes of at least 4 members (excludes halogenated alkanes) is 2. The van der Waals surface area contributed by atoms with Crippen molar-refractivity contribution in [2.24, 2.45) is 0 Å². The fourth-order valence-corrected chi connectivity index (χ4v) is 3.08. The van der Waals surface area contributed by atoms with Gasteiger partial charge in [0.15, 0.2) is 5.58 Å². The van der Waals surface area contributed by atoms with E-state index in [1.807, 2.05) is 13.0 Å². The van der Waals surface area contributed by atoms with Crippen molar-refractivity contribution in [3.8, 4) is 0 Å². The highest BCUT2D eigenvalue weighted by Crippen LogP contribution is 2.25. The van der Waals surface area contributed by atoms with E-state index in [0.717, 1.165) is 30.8 Å². The number of hydrogen-bond acceptors (Lipinski definition) is 2. The molecule has 2 heterocycles. The van der Waals surface area contributed by atoms with E-state index < -0.39 is 11.6 Å². The lowest BCUT2D eigenvalue weighted by Gasteiger charge is -2.11. The summed E-state index contributed by atoms with van der Waals surface area (Å²) in [7, 11) is 0. The third kappa shape index (κ3) is 3.95. The van der Waals surface area contributed by atoms with E-state index in [2.05, 4.69) is 12.2 Å². The summed E-state index contributed by atoms with van der Waals surface area (Å²) >= 11 is 0. The molecule has 3 rings (SSSR count). The second-order valence-corrected chi connectivity index (χ2v) is 6.46. The number of carbonyl (C=O) groups excluding carboxylic acids is 1. The Kier molecular flexibility index (Phi) is 5.40. The van der Waals surface area contributed by atoms with Gasteiger partial charge in [-0.1, -0.05) is 19.8 Å². The number of fused-ring (bicyclic) bond motifs is 1. The van der Waals surface area contributed by atoms with Crippen molar-refractivity contribution < 1.29 is 18.0 Å². The summed E-state index contributed by atoms with van der Waals surface area (Å²) in [5.41, 5.74) is 2.17. The number of benzene rings is 1. The number of aromatic nitrogens is 1. The lowest BCUT2D eigenvalue weighted by molar-refractivity contribution is 0.0944. The molecule has 0 saturated carbocycles. The minimum Gasteiger partial charge on any atom is -0.460 e. The maximum Gasteiger partial charge on any atom is 0.268 e. The van der Waals surface area contributed by atoms with Crippen LogP contribution >= 0.6 is 0 Å². The quantitative estimate of drug-likeness (QED) is 0.616. The number of hydrogen-bond donors (Lipinski definition) is 1. The van der Waals surface area contributed by atoms with Crippen molar-refractivity contribution in [3.05, 3.63) is 59.0 Å². The van der Waals surface area contributed by atoms with Crippen LogP contribution in [0.3, 0.4) is 0 Å². The summed E-state index contributed by atoms with van der Waals surface area (Å²) in [6.45, 7) is 4.68. The highest BCUT2D eigenvalue weighted by atomic mass is 19.1. The van der Waals surface area contributed by atoms with Gasteiger partial charge in [0.05, 0.1) is 5.52 Å². The fourth-order valence-electron chi connectivity index (χ4n) is 3.08. The SMILES string of the molecule is CCCCCNC(=O)c1cc2oc(C)cc2n1Cc1cc(F)cc(F)c1. The number of nitrogens with one attached hydrogen (secondary N) is 1. The molecule has 4 nitrogen and oxygen atoms in total. The third-order valence-electron chi connectivity index (χ3n) is 4.27. The Balaban J connectivity index is 1.92. The first-order chi connectivity index (χ1) is 12.5. The Bertz CT molecular complexity index is 907. The number of nitrogens with zero attached hydrogens (tertiary/aromatic N) is 1. The van der Waals surface area contributed by atoms with Gasteiger partial charge < -0.3 is 14.3 Å². The topological polar surface area (TPSA) is 47.2 Å². The lowest BCUT2D eigenvalue weighted by atomic mass is 10.2. The van der Waals surface area contributed by atoms with E-state index in [4.69, 9.17) is 4.42 Å². The van der Waals surface area contributed by atoms with Crippen molar-refractivity contribution in [1.29, 1.82) is 0 Å². The first kappa shape index (κ1) is 18.2. The monoisotopic (exact) mass is 360 g/mol. The van der Waals surface area contributed by atoms with Crippen LogP contribution in [0, 0.1) is 18.6 Å². The maximum absolute atomic E-state index is 13.5. The molecule has 3 aromatic rings. The van der Waals surface area contributed by atoms with E-state index in [-0.39, 0.29) is 12.5 Å². The Hall–Kier alpha value is -2.63. The predicted molar refractivity (Wildman–Crippen MR) is 96.3 cm³/mol. The van der Waals surface area contributed by atoms with Crippen LogP contribution in [0.25, 0.3) is 11.1 Å². The van der Waals surface area contributed by atoms with E-state index in [9.17, 15) is 13.6 Å². The highest BCUT2D eigenvalue weighted by molar-refractivity contribution is 5.97. The number of carbonyl (C=O) groups is 1. The molecule has 0 aliphatic heterocycles. The van der Waals surface area contributed by atoms with Crippen LogP contribution in [-0.2, 0) is 6.54 Å². The molecule has 0 spiro atoms. The fraction of sp³-hybridized carbons (Fsp3) is 0.350. The van der Waals surface area contributed by atoms with Crippen molar-refractivity contribution in [2.75, 3.05) is 6.54 Å². The zero-order valence-electron chi connectivity index (χ0n) is 14.9. The molecule has 138 valence electrons. The summed E-state index contributed by atoms with van der Waals surface area (Å²) in [6, 6.07) is 6.86. The molecule has 0 aliphatic rings. The summed E-state index contributed by atoms with van der Waals surface area (Å²) < 4.78 is 34.4. The normalized spacial score (nSPS) is 11.2. The van der Waals surface area contributed by atoms with Crippen LogP contribution in [0.4, 0.5) is 8.78 Å². The van der Waals surface area contributed by atoms with Gasteiger partial charge in [0.1, 0.15) is 23.1 Å². The average Bonchev–Trinajstić information content (AvgIpc) is 3.08. The van der Waals surface area contributed by atoms with Crippen molar-refractivity contribution >= 4 is 17.0 Å². The largest absolute Gasteiger partial charge is 0.460 e. The van der Waals surface area contributed by atoms with Gasteiger partial charge in [-0.05, 0) is 31.0 Å². The number of halogens is 2. The zero-order valence-corrected chi connectivity index (χ0v) is 14.9. The Morgan fingerprint density at radius 1 is 1.12 bits per heavy atom. The van der Waals surface area contributed by atoms with Crippen LogP contribution in [0.5, 0.6) is 0 Å². The molecule has 0 saturated heterocycles. The first-order valence-corrected chi connectivity index (χ1v) is 8.80. The smallest absolute Gasteiger partial charge is 0.268 e. The van der Waals surface area contributed by atoms with Crippen LogP contribution in [0.1, 0.15) is 48.0 Å². The average molecular weight is 360 g/mol. The molecule has 0 fully saturated rings. The first-order valence-electron chi connectivity index (χ1n) is 8.80. The molecule has 2 aromatic heterocycles. The minimum absolute atomic E-state index is 0.175. The Labute approximate surface area is 150 Å². The van der Waals surface area contributed by atoms with Crippen LogP contribution < -0.4 is 5.32 Å². The molecular weight excluding hydrogens is 338 g/mol. The molecule has 0 radical (unpaired) electrons. The summed E-state index contributed by atoms with van der Waals surface area (Å²) in [4.78, 5) is 12.6. The van der Waals surface area contributed by atoms with E-state index in [0.29, 0.717) is 29.1 Å². The van der Waals surface area contributed by atoms with Crippen LogP contribution in [0.2, 0.25) is 0 Å². The van der Waals surface area contributed by atoms with Gasteiger partial charge in [-0.3, -0.25) is 4.79 Å². The van der Waals surface area contributed by atoms with Crippen molar-refractivity contribution in [1.82, 2.24) is 9.88 Å². The van der Waals surface area contributed by atoms with Gasteiger partial charge in [-0.15, -0.1) is 0 Å². The molecule has 0 atom stereocenters. The van der Waals surface area contributed by atoms with E-state index in [1.54, 1.807) is 10.6 Å². The standard InChI is InChI=1S/C20H22F2N2O2/c1-3-4-5-6-23-20(25)18-11-19-17(7-13(2)26-19)24(18)12-14-8-15(21)10-16(22)9-14/h7-11H,3-6,12H2,1-2H3,(H,23,25). The van der Waals surface area contributed by atoms with E-state index >= 15 is 0 Å². The second-order valence-electron chi connectivity index (χ2n) is 6.46. The number of amides is 1. The lowest BCUT2D eigenvalue weighted by Crippen LogP contribution is -2.27. The summed E-state index contributed by atoms with van der Waals surface area (Å²) in [5, 5.41) is 2.90. The molecule has 0 aliphatic carbocycles. The molecule has 1 amide bonds. The Morgan fingerprint density at radius 3 is 2.54 bits per heavy atom. The number of aryl methyl sites for hydroxylation is 1. The summed E-state index contributed by atoms with van der Waals surface area (Å²) in [5.74, 6) is -0.791. The molecule has 1 N–H and O–H groups in total. The van der Waals surface area contributed by atoms with Gasteiger partial charge in [-0.2, -0.15) is 0 Å². The number of rotatable bonds is 7. The van der Waals surface area contributed by atoms with Gasteiger partial charge in [0.2, 0.25) is 0 Å². The van der Waals surface area contributed by atoms with Gasteiger partial charge in [0, 0.05) is 31.3 Å². The zero-order chi connectivity index (χ0) is 18.7. The van der Waals surface area contributed by atoms with Crippen LogP contribution in [-0.4, -0.2) is 17.0 Å². The Morgan fingerprint density at radius 2 is 1.85 bits per heavy atom. The van der Waals surface area contributed by atoms with E-state index in [1.165, 1.54) is 12.1 Å². The maximum atomic E-state index is 13.5. The predicted octanol–water partition coefficient (Wildman–Crippen LogP) is 4.79. The molecule has 0 unspecified atom stereocenters.